The molecule has 0 amide bonds. The predicted molar refractivity (Wildman–Crippen MR) is 79.9 cm³/mol. The molecule has 0 saturated carbocycles. The highest BCUT2D eigenvalue weighted by atomic mass is 32.2. The van der Waals surface area contributed by atoms with Gasteiger partial charge in [-0.1, -0.05) is 27.2 Å². The fourth-order valence-electron chi connectivity index (χ4n) is 2.09. The van der Waals surface area contributed by atoms with Crippen LogP contribution in [0.1, 0.15) is 33.6 Å². The molecule has 1 rings (SSSR count). The van der Waals surface area contributed by atoms with Gasteiger partial charge in [0.25, 0.3) is 0 Å². The molecule has 0 radical (unpaired) electrons. The molecule has 1 N–H and O–H groups in total. The molecule has 3 nitrogen and oxygen atoms in total. The number of hydrogen-bond donors (Lipinski definition) is 1. The van der Waals surface area contributed by atoms with Gasteiger partial charge < -0.3 is 5.32 Å². The molecular weight excluding hydrogens is 296 g/mol. The Bertz CT molecular complexity index is 561. The largest absolute Gasteiger partial charge is 0.313 e. The minimum atomic E-state index is -3.80. The summed E-state index contributed by atoms with van der Waals surface area (Å²) in [6.45, 7) is 6.64. The van der Waals surface area contributed by atoms with Gasteiger partial charge >= 0.3 is 0 Å². The van der Waals surface area contributed by atoms with Gasteiger partial charge in [0.05, 0.1) is 5.75 Å². The molecule has 0 aromatic heterocycles. The van der Waals surface area contributed by atoms with E-state index in [9.17, 15) is 17.2 Å². The normalized spacial score (nSPS) is 14.9. The average molecular weight is 319 g/mol. The number of benzene rings is 1. The lowest BCUT2D eigenvalue weighted by molar-refractivity contribution is 0.390. The molecule has 2 atom stereocenters. The molecule has 0 spiro atoms. The topological polar surface area (TPSA) is 46.2 Å². The molecule has 0 aliphatic rings. The van der Waals surface area contributed by atoms with E-state index in [1.54, 1.807) is 0 Å². The van der Waals surface area contributed by atoms with E-state index >= 15 is 0 Å². The molecule has 0 aliphatic carbocycles. The lowest BCUT2D eigenvalue weighted by Crippen LogP contribution is -2.41. The molecule has 21 heavy (non-hydrogen) atoms. The highest BCUT2D eigenvalue weighted by Crippen LogP contribution is 2.20. The van der Waals surface area contributed by atoms with Crippen molar-refractivity contribution in [2.45, 2.75) is 44.6 Å². The second-order valence-electron chi connectivity index (χ2n) is 5.30. The Labute approximate surface area is 125 Å². The molecule has 0 heterocycles. The van der Waals surface area contributed by atoms with E-state index in [1.807, 2.05) is 20.8 Å². The number of halogens is 2. The van der Waals surface area contributed by atoms with Crippen LogP contribution >= 0.6 is 0 Å². The van der Waals surface area contributed by atoms with Crippen molar-refractivity contribution in [3.8, 4) is 0 Å². The Morgan fingerprint density at radius 3 is 2.43 bits per heavy atom. The molecule has 0 bridgehead atoms. The zero-order valence-electron chi connectivity index (χ0n) is 12.7. The van der Waals surface area contributed by atoms with E-state index in [2.05, 4.69) is 5.32 Å². The monoisotopic (exact) mass is 319 g/mol. The SMILES string of the molecule is CCCNC(CS(=O)(=O)c1ccc(F)cc1F)C(C)CC. The summed E-state index contributed by atoms with van der Waals surface area (Å²) in [7, 11) is -3.80. The minimum absolute atomic E-state index is 0.148. The summed E-state index contributed by atoms with van der Waals surface area (Å²) < 4.78 is 51.3. The smallest absolute Gasteiger partial charge is 0.182 e. The van der Waals surface area contributed by atoms with Crippen molar-refractivity contribution in [1.82, 2.24) is 5.32 Å². The number of rotatable bonds is 8. The van der Waals surface area contributed by atoms with E-state index < -0.39 is 26.4 Å². The van der Waals surface area contributed by atoms with E-state index in [0.717, 1.165) is 25.0 Å². The molecular formula is C15H23F2NO2S. The van der Waals surface area contributed by atoms with Crippen LogP contribution in [0.5, 0.6) is 0 Å². The van der Waals surface area contributed by atoms with E-state index in [1.165, 1.54) is 0 Å². The third kappa shape index (κ3) is 5.04. The van der Waals surface area contributed by atoms with Crippen LogP contribution in [0.2, 0.25) is 0 Å². The van der Waals surface area contributed by atoms with Crippen molar-refractivity contribution >= 4 is 9.84 Å². The zero-order chi connectivity index (χ0) is 16.0. The van der Waals surface area contributed by atoms with E-state index in [0.29, 0.717) is 12.6 Å². The van der Waals surface area contributed by atoms with Crippen molar-refractivity contribution in [3.05, 3.63) is 29.8 Å². The molecule has 2 unspecified atom stereocenters. The van der Waals surface area contributed by atoms with Crippen molar-refractivity contribution < 1.29 is 17.2 Å². The number of hydrogen-bond acceptors (Lipinski definition) is 3. The molecule has 120 valence electrons. The summed E-state index contributed by atoms with van der Waals surface area (Å²) in [6.07, 6.45) is 1.71. The maximum absolute atomic E-state index is 13.7. The van der Waals surface area contributed by atoms with E-state index in [-0.39, 0.29) is 17.7 Å². The van der Waals surface area contributed by atoms with Gasteiger partial charge in [-0.3, -0.25) is 0 Å². The number of nitrogens with one attached hydrogen (secondary N) is 1. The second kappa shape index (κ2) is 7.84. The van der Waals surface area contributed by atoms with Crippen LogP contribution in [0, 0.1) is 17.6 Å². The highest BCUT2D eigenvalue weighted by Gasteiger charge is 2.26. The third-order valence-corrected chi connectivity index (χ3v) is 5.41. The first kappa shape index (κ1) is 18.0. The molecule has 1 aromatic rings. The standard InChI is InChI=1S/C15H23F2NO2S/c1-4-8-18-14(11(3)5-2)10-21(19,20)15-7-6-12(16)9-13(15)17/h6-7,9,11,14,18H,4-5,8,10H2,1-3H3. The molecule has 6 heteroatoms. The summed E-state index contributed by atoms with van der Waals surface area (Å²) in [5, 5.41) is 3.20. The Balaban J connectivity index is 2.99. The van der Waals surface area contributed by atoms with Crippen LogP contribution in [0.4, 0.5) is 8.78 Å². The number of sulfone groups is 1. The Morgan fingerprint density at radius 2 is 1.90 bits per heavy atom. The first-order valence-electron chi connectivity index (χ1n) is 7.23. The van der Waals surface area contributed by atoms with E-state index in [4.69, 9.17) is 0 Å². The Morgan fingerprint density at radius 1 is 1.24 bits per heavy atom. The van der Waals surface area contributed by atoms with Gasteiger partial charge in [-0.15, -0.1) is 0 Å². The summed E-state index contributed by atoms with van der Waals surface area (Å²) in [5.74, 6) is -1.86. The molecule has 0 fully saturated rings. The summed E-state index contributed by atoms with van der Waals surface area (Å²) in [4.78, 5) is -0.435. The third-order valence-electron chi connectivity index (χ3n) is 3.62. The predicted octanol–water partition coefficient (Wildman–Crippen LogP) is 3.15. The van der Waals surface area contributed by atoms with Crippen LogP contribution in [0.25, 0.3) is 0 Å². The van der Waals surface area contributed by atoms with Gasteiger partial charge in [-0.25, -0.2) is 17.2 Å². The molecule has 0 saturated heterocycles. The highest BCUT2D eigenvalue weighted by molar-refractivity contribution is 7.91. The van der Waals surface area contributed by atoms with Crippen LogP contribution in [0.15, 0.2) is 23.1 Å². The van der Waals surface area contributed by atoms with Crippen LogP contribution in [-0.2, 0) is 9.84 Å². The van der Waals surface area contributed by atoms with Gasteiger partial charge in [0.15, 0.2) is 9.84 Å². The summed E-state index contributed by atoms with van der Waals surface area (Å²) >= 11 is 0. The quantitative estimate of drug-likeness (QED) is 0.749. The van der Waals surface area contributed by atoms with Gasteiger partial charge in [0.1, 0.15) is 16.5 Å². The summed E-state index contributed by atoms with van der Waals surface area (Å²) in [5.41, 5.74) is 0. The molecule has 1 aromatic carbocycles. The fraction of sp³-hybridized carbons (Fsp3) is 0.600. The van der Waals surface area contributed by atoms with Gasteiger partial charge in [0.2, 0.25) is 0 Å². The van der Waals surface area contributed by atoms with Crippen LogP contribution in [-0.4, -0.2) is 26.8 Å². The van der Waals surface area contributed by atoms with Crippen molar-refractivity contribution in [2.24, 2.45) is 5.92 Å². The lowest BCUT2D eigenvalue weighted by atomic mass is 10.0. The van der Waals surface area contributed by atoms with Crippen LogP contribution in [0.3, 0.4) is 0 Å². The minimum Gasteiger partial charge on any atom is -0.313 e. The van der Waals surface area contributed by atoms with Gasteiger partial charge in [-0.2, -0.15) is 0 Å². The Hall–Kier alpha value is -1.01. The molecule has 0 aliphatic heterocycles. The Kier molecular flexibility index (Phi) is 6.74. The maximum atomic E-state index is 13.7. The van der Waals surface area contributed by atoms with Crippen molar-refractivity contribution in [2.75, 3.05) is 12.3 Å². The van der Waals surface area contributed by atoms with Crippen molar-refractivity contribution in [1.29, 1.82) is 0 Å². The first-order valence-corrected chi connectivity index (χ1v) is 8.88. The zero-order valence-corrected chi connectivity index (χ0v) is 13.5. The van der Waals surface area contributed by atoms with Gasteiger partial charge in [0, 0.05) is 12.1 Å². The average Bonchev–Trinajstić information content (AvgIpc) is 2.42. The summed E-state index contributed by atoms with van der Waals surface area (Å²) in [6, 6.07) is 2.32. The van der Waals surface area contributed by atoms with Gasteiger partial charge in [-0.05, 0) is 31.0 Å². The first-order chi connectivity index (χ1) is 9.81. The van der Waals surface area contributed by atoms with Crippen LogP contribution < -0.4 is 5.32 Å². The lowest BCUT2D eigenvalue weighted by Gasteiger charge is -2.24. The second-order valence-corrected chi connectivity index (χ2v) is 7.30. The van der Waals surface area contributed by atoms with Crippen molar-refractivity contribution in [3.63, 3.8) is 0 Å². The fourth-order valence-corrected chi connectivity index (χ4v) is 3.82. The maximum Gasteiger partial charge on any atom is 0.182 e.